The zero-order valence-corrected chi connectivity index (χ0v) is 68.5. The van der Waals surface area contributed by atoms with E-state index in [4.69, 9.17) is 37.0 Å². The van der Waals surface area contributed by atoms with Crippen LogP contribution in [0.2, 0.25) is 0 Å². The maximum atomic E-state index is 13.1. The Bertz CT molecular complexity index is 1940. The zero-order chi connectivity index (χ0) is 74.8. The summed E-state index contributed by atoms with van der Waals surface area (Å²) in [7, 11) is -9.92. The molecule has 5 atom stereocenters. The van der Waals surface area contributed by atoms with Crippen molar-refractivity contribution < 1.29 is 80.2 Å². The fraction of sp³-hybridized carbons (Fsp3) is 0.952. The number of unbranched alkanes of at least 4 members (excludes halogenated alkanes) is 55. The molecule has 0 fully saturated rings. The first kappa shape index (κ1) is 100. The predicted molar refractivity (Wildman–Crippen MR) is 418 cm³/mol. The van der Waals surface area contributed by atoms with Gasteiger partial charge in [-0.2, -0.15) is 0 Å². The van der Waals surface area contributed by atoms with Crippen molar-refractivity contribution in [1.82, 2.24) is 0 Å². The molecule has 0 aromatic heterocycles. The van der Waals surface area contributed by atoms with Crippen LogP contribution >= 0.6 is 15.6 Å². The van der Waals surface area contributed by atoms with Crippen molar-refractivity contribution in [2.24, 2.45) is 5.92 Å². The van der Waals surface area contributed by atoms with Crippen molar-refractivity contribution in [1.29, 1.82) is 0 Å². The molecule has 0 aromatic rings. The number of ether oxygens (including phenoxy) is 4. The van der Waals surface area contributed by atoms with Gasteiger partial charge in [0.2, 0.25) is 0 Å². The number of rotatable bonds is 83. The predicted octanol–water partition coefficient (Wildman–Crippen LogP) is 25.2. The summed E-state index contributed by atoms with van der Waals surface area (Å²) >= 11 is 0. The Labute approximate surface area is 626 Å². The van der Waals surface area contributed by atoms with E-state index in [0.717, 1.165) is 95.8 Å². The molecule has 3 N–H and O–H groups in total. The highest BCUT2D eigenvalue weighted by Crippen LogP contribution is 2.45. The standard InChI is InChI=1S/C83H162O17P2/c1-6-9-12-15-18-21-23-25-27-28-29-33-36-40-43-47-52-57-62-67-81(86)94-73-79(100-83(88)69-64-59-54-49-45-41-37-34-31-30-32-35-38-42-46-50-55-60-65-76(4)5)75-98-102(91,92)96-71-77(84)70-95-101(89,90)97-74-78(72-93-80(85)66-61-56-51-20-17-14-11-8-3)99-82(87)68-63-58-53-48-44-39-26-24-22-19-16-13-10-7-2/h76-79,84H,6-75H2,1-5H3,(H,89,90)(H,91,92)/t77-,78+,79+/m0/s1. The molecular formula is C83H162O17P2. The molecule has 606 valence electrons. The highest BCUT2D eigenvalue weighted by Gasteiger charge is 2.30. The summed E-state index contributed by atoms with van der Waals surface area (Å²) in [5.41, 5.74) is 0. The van der Waals surface area contributed by atoms with Crippen LogP contribution in [0.5, 0.6) is 0 Å². The van der Waals surface area contributed by atoms with E-state index in [1.165, 1.54) is 270 Å². The first-order chi connectivity index (χ1) is 49.5. The van der Waals surface area contributed by atoms with E-state index >= 15 is 0 Å². The van der Waals surface area contributed by atoms with Gasteiger partial charge in [0, 0.05) is 25.7 Å². The summed E-state index contributed by atoms with van der Waals surface area (Å²) in [6, 6.07) is 0. The first-order valence-corrected chi connectivity index (χ1v) is 46.1. The number of carbonyl (C=O) groups excluding carboxylic acids is 4. The van der Waals surface area contributed by atoms with Gasteiger partial charge in [-0.3, -0.25) is 37.3 Å². The van der Waals surface area contributed by atoms with E-state index in [-0.39, 0.29) is 25.7 Å². The zero-order valence-electron chi connectivity index (χ0n) is 66.8. The van der Waals surface area contributed by atoms with Gasteiger partial charge in [-0.05, 0) is 31.6 Å². The average Bonchev–Trinajstić information content (AvgIpc) is 0.953. The van der Waals surface area contributed by atoms with Gasteiger partial charge in [0.1, 0.15) is 19.3 Å². The van der Waals surface area contributed by atoms with Crippen LogP contribution in [0.4, 0.5) is 0 Å². The van der Waals surface area contributed by atoms with Gasteiger partial charge < -0.3 is 33.8 Å². The topological polar surface area (TPSA) is 237 Å². The van der Waals surface area contributed by atoms with E-state index < -0.39 is 97.5 Å². The van der Waals surface area contributed by atoms with Gasteiger partial charge in [0.25, 0.3) is 0 Å². The summed E-state index contributed by atoms with van der Waals surface area (Å²) in [5.74, 6) is -1.29. The van der Waals surface area contributed by atoms with Crippen LogP contribution in [0.3, 0.4) is 0 Å². The van der Waals surface area contributed by atoms with Crippen LogP contribution in [-0.2, 0) is 65.4 Å². The van der Waals surface area contributed by atoms with E-state index in [1.807, 2.05) is 0 Å². The normalized spacial score (nSPS) is 13.8. The number of esters is 4. The van der Waals surface area contributed by atoms with Crippen molar-refractivity contribution >= 4 is 39.5 Å². The second-order valence-electron chi connectivity index (χ2n) is 30.3. The number of hydrogen-bond donors (Lipinski definition) is 3. The number of aliphatic hydroxyl groups excluding tert-OH is 1. The minimum absolute atomic E-state index is 0.108. The van der Waals surface area contributed by atoms with Gasteiger partial charge in [-0.25, -0.2) is 9.13 Å². The highest BCUT2D eigenvalue weighted by molar-refractivity contribution is 7.47. The molecule has 0 aromatic carbocycles. The van der Waals surface area contributed by atoms with E-state index in [9.17, 15) is 43.2 Å². The van der Waals surface area contributed by atoms with Crippen molar-refractivity contribution in [2.45, 2.75) is 464 Å². The lowest BCUT2D eigenvalue weighted by Gasteiger charge is -2.21. The number of carbonyl (C=O) groups is 4. The molecule has 102 heavy (non-hydrogen) atoms. The van der Waals surface area contributed by atoms with Crippen LogP contribution in [0.25, 0.3) is 0 Å². The molecule has 0 radical (unpaired) electrons. The molecule has 17 nitrogen and oxygen atoms in total. The Balaban J connectivity index is 5.18. The average molecular weight is 1490 g/mol. The third-order valence-electron chi connectivity index (χ3n) is 19.5. The van der Waals surface area contributed by atoms with Crippen LogP contribution in [0.1, 0.15) is 446 Å². The Morgan fingerprint density at radius 2 is 0.451 bits per heavy atom. The minimum atomic E-state index is -4.96. The Morgan fingerprint density at radius 3 is 0.667 bits per heavy atom. The van der Waals surface area contributed by atoms with Crippen molar-refractivity contribution in [3.05, 3.63) is 0 Å². The third-order valence-corrected chi connectivity index (χ3v) is 21.4. The second kappa shape index (κ2) is 75.9. The van der Waals surface area contributed by atoms with E-state index in [0.29, 0.717) is 25.7 Å². The molecule has 0 amide bonds. The molecule has 0 bridgehead atoms. The lowest BCUT2D eigenvalue weighted by atomic mass is 10.0. The number of phosphoric acid groups is 2. The summed E-state index contributed by atoms with van der Waals surface area (Å²) in [6.45, 7) is 7.35. The Morgan fingerprint density at radius 1 is 0.265 bits per heavy atom. The lowest BCUT2D eigenvalue weighted by Crippen LogP contribution is -2.30. The molecule has 0 heterocycles. The summed E-state index contributed by atoms with van der Waals surface area (Å²) in [6.07, 6.45) is 68.1. The monoisotopic (exact) mass is 1490 g/mol. The number of phosphoric ester groups is 2. The summed E-state index contributed by atoms with van der Waals surface area (Å²) in [5, 5.41) is 10.6. The van der Waals surface area contributed by atoms with Gasteiger partial charge in [0.15, 0.2) is 12.2 Å². The van der Waals surface area contributed by atoms with Crippen LogP contribution in [-0.4, -0.2) is 96.7 Å². The van der Waals surface area contributed by atoms with E-state index in [2.05, 4.69) is 34.6 Å². The lowest BCUT2D eigenvalue weighted by molar-refractivity contribution is -0.161. The van der Waals surface area contributed by atoms with Gasteiger partial charge in [-0.15, -0.1) is 0 Å². The Hall–Kier alpha value is -1.94. The third kappa shape index (κ3) is 76.3. The number of aliphatic hydroxyl groups is 1. The first-order valence-electron chi connectivity index (χ1n) is 43.1. The molecule has 2 unspecified atom stereocenters. The maximum Gasteiger partial charge on any atom is 0.472 e. The van der Waals surface area contributed by atoms with Gasteiger partial charge in [-0.1, -0.05) is 394 Å². The molecule has 0 rings (SSSR count). The molecule has 0 aliphatic heterocycles. The van der Waals surface area contributed by atoms with Crippen molar-refractivity contribution in [2.75, 3.05) is 39.6 Å². The highest BCUT2D eigenvalue weighted by atomic mass is 31.2. The van der Waals surface area contributed by atoms with Crippen molar-refractivity contribution in [3.8, 4) is 0 Å². The molecule has 0 spiro atoms. The largest absolute Gasteiger partial charge is 0.472 e. The maximum absolute atomic E-state index is 13.1. The minimum Gasteiger partial charge on any atom is -0.462 e. The summed E-state index contributed by atoms with van der Waals surface area (Å²) in [4.78, 5) is 73.0. The second-order valence-corrected chi connectivity index (χ2v) is 33.3. The quantitative estimate of drug-likeness (QED) is 0.0222. The fourth-order valence-corrected chi connectivity index (χ4v) is 14.5. The van der Waals surface area contributed by atoms with Crippen LogP contribution in [0.15, 0.2) is 0 Å². The smallest absolute Gasteiger partial charge is 0.462 e. The molecule has 0 aliphatic carbocycles. The summed E-state index contributed by atoms with van der Waals surface area (Å²) < 4.78 is 68.7. The van der Waals surface area contributed by atoms with Gasteiger partial charge in [0.05, 0.1) is 26.4 Å². The molecule has 0 saturated carbocycles. The van der Waals surface area contributed by atoms with Crippen molar-refractivity contribution in [3.63, 3.8) is 0 Å². The fourth-order valence-electron chi connectivity index (χ4n) is 12.9. The SMILES string of the molecule is CCCCCCCCCCCCCCCCCCCCCC(=O)OC[C@H](COP(=O)(O)OC[C@@H](O)COP(=O)(O)OC[C@@H](COC(=O)CCCCCCCCCC)OC(=O)CCCCCCCCCCCCCCCC)OC(=O)CCCCCCCCCCCCCCCCCCCCC(C)C. The molecule has 0 aliphatic rings. The van der Waals surface area contributed by atoms with Crippen LogP contribution in [0, 0.1) is 5.92 Å². The van der Waals surface area contributed by atoms with E-state index in [1.54, 1.807) is 0 Å². The molecule has 0 saturated heterocycles. The molecule has 19 heteroatoms. The van der Waals surface area contributed by atoms with Gasteiger partial charge >= 0.3 is 39.5 Å². The van der Waals surface area contributed by atoms with Crippen LogP contribution < -0.4 is 0 Å². The Kier molecular flexibility index (Phi) is 74.4. The number of hydrogen-bond acceptors (Lipinski definition) is 15. The molecular weight excluding hydrogens is 1330 g/mol.